The minimum absolute atomic E-state index is 0.141. The van der Waals surface area contributed by atoms with Crippen LogP contribution in [-0.4, -0.2) is 51.9 Å². The molecule has 0 aromatic heterocycles. The highest BCUT2D eigenvalue weighted by atomic mass is 16.5. The van der Waals surface area contributed by atoms with Gasteiger partial charge < -0.3 is 20.1 Å². The van der Waals surface area contributed by atoms with Crippen molar-refractivity contribution in [1.82, 2.24) is 10.6 Å². The van der Waals surface area contributed by atoms with Gasteiger partial charge in [-0.15, -0.1) is 0 Å². The zero-order valence-electron chi connectivity index (χ0n) is 16.4. The van der Waals surface area contributed by atoms with E-state index in [1.54, 1.807) is 0 Å². The lowest BCUT2D eigenvalue weighted by atomic mass is 9.83. The quantitative estimate of drug-likeness (QED) is 0.244. The van der Waals surface area contributed by atoms with Gasteiger partial charge in [0.2, 0.25) is 0 Å². The van der Waals surface area contributed by atoms with Crippen LogP contribution in [0.5, 0.6) is 0 Å². The average Bonchev–Trinajstić information content (AvgIpc) is 3.08. The second-order valence-corrected chi connectivity index (χ2v) is 6.81. The number of hydrogen-bond acceptors (Lipinski definition) is 4. The van der Waals surface area contributed by atoms with Crippen LogP contribution in [0.3, 0.4) is 0 Å². The molecule has 0 aromatic carbocycles. The summed E-state index contributed by atoms with van der Waals surface area (Å²) in [4.78, 5) is 16.0. The molecular weight excluding hydrogens is 318 g/mol. The molecule has 0 aliphatic heterocycles. The highest BCUT2D eigenvalue weighted by Gasteiger charge is 2.33. The molecule has 0 amide bonds. The Balaban J connectivity index is 2.42. The number of nitrogens with zero attached hydrogens (tertiary/aromatic N) is 1. The molecule has 1 rings (SSSR count). The number of methoxy groups -OCH3 is 1. The topological polar surface area (TPSA) is 72.0 Å². The van der Waals surface area contributed by atoms with Crippen molar-refractivity contribution in [2.75, 3.05) is 40.0 Å². The van der Waals surface area contributed by atoms with Gasteiger partial charge in [0.25, 0.3) is 0 Å². The number of ether oxygens (including phenoxy) is 2. The third-order valence-corrected chi connectivity index (χ3v) is 4.89. The Morgan fingerprint density at radius 2 is 1.92 bits per heavy atom. The minimum Gasteiger partial charge on any atom is -0.469 e. The van der Waals surface area contributed by atoms with Gasteiger partial charge in [0.15, 0.2) is 5.96 Å². The summed E-state index contributed by atoms with van der Waals surface area (Å²) in [5.74, 6) is 0.737. The first-order valence-corrected chi connectivity index (χ1v) is 9.82. The molecule has 0 atom stereocenters. The van der Waals surface area contributed by atoms with E-state index >= 15 is 0 Å². The Morgan fingerprint density at radius 1 is 1.16 bits per heavy atom. The first-order valence-electron chi connectivity index (χ1n) is 9.82. The van der Waals surface area contributed by atoms with Crippen molar-refractivity contribution in [2.24, 2.45) is 10.4 Å². The lowest BCUT2D eigenvalue weighted by molar-refractivity contribution is -0.140. The Labute approximate surface area is 153 Å². The van der Waals surface area contributed by atoms with Crippen molar-refractivity contribution in [3.8, 4) is 0 Å². The highest BCUT2D eigenvalue weighted by Crippen LogP contribution is 2.41. The van der Waals surface area contributed by atoms with Crippen molar-refractivity contribution in [1.29, 1.82) is 0 Å². The molecule has 0 heterocycles. The number of nitrogens with one attached hydrogen (secondary N) is 2. The SMILES string of the molecule is CCNC(=NCC1(CCOCC)CCCC1)NCCCCC(=O)OC. The van der Waals surface area contributed by atoms with E-state index in [1.165, 1.54) is 32.8 Å². The fourth-order valence-electron chi connectivity index (χ4n) is 3.34. The molecule has 1 aliphatic rings. The van der Waals surface area contributed by atoms with Crippen LogP contribution in [0.2, 0.25) is 0 Å². The van der Waals surface area contributed by atoms with Gasteiger partial charge in [0.05, 0.1) is 7.11 Å². The molecular formula is C19H37N3O3. The van der Waals surface area contributed by atoms with Crippen molar-refractivity contribution >= 4 is 11.9 Å². The van der Waals surface area contributed by atoms with Crippen LogP contribution in [0.4, 0.5) is 0 Å². The molecule has 0 aromatic rings. The van der Waals surface area contributed by atoms with Crippen molar-refractivity contribution < 1.29 is 14.3 Å². The molecule has 146 valence electrons. The smallest absolute Gasteiger partial charge is 0.305 e. The van der Waals surface area contributed by atoms with Gasteiger partial charge in [-0.05, 0) is 51.4 Å². The molecule has 1 aliphatic carbocycles. The number of guanidine groups is 1. The van der Waals surface area contributed by atoms with Gasteiger partial charge in [-0.3, -0.25) is 9.79 Å². The van der Waals surface area contributed by atoms with E-state index in [2.05, 4.69) is 22.3 Å². The molecule has 25 heavy (non-hydrogen) atoms. The van der Waals surface area contributed by atoms with Gasteiger partial charge in [-0.1, -0.05) is 12.8 Å². The van der Waals surface area contributed by atoms with Crippen molar-refractivity contribution in [2.45, 2.75) is 65.2 Å². The lowest BCUT2D eigenvalue weighted by Gasteiger charge is -2.27. The summed E-state index contributed by atoms with van der Waals surface area (Å²) in [6, 6.07) is 0. The fourth-order valence-corrected chi connectivity index (χ4v) is 3.34. The van der Waals surface area contributed by atoms with Crippen molar-refractivity contribution in [3.63, 3.8) is 0 Å². The van der Waals surface area contributed by atoms with Gasteiger partial charge in [0.1, 0.15) is 0 Å². The summed E-state index contributed by atoms with van der Waals surface area (Å²) < 4.78 is 10.2. The number of rotatable bonds is 12. The number of carbonyl (C=O) groups excluding carboxylic acids is 1. The normalized spacial score (nSPS) is 16.7. The molecule has 0 radical (unpaired) electrons. The van der Waals surface area contributed by atoms with Crippen molar-refractivity contribution in [3.05, 3.63) is 0 Å². The molecule has 1 saturated carbocycles. The Kier molecular flexibility index (Phi) is 11.3. The summed E-state index contributed by atoms with van der Waals surface area (Å²) in [5.41, 5.74) is 0.308. The molecule has 6 heteroatoms. The summed E-state index contributed by atoms with van der Waals surface area (Å²) in [6.07, 6.45) is 8.45. The van der Waals surface area contributed by atoms with E-state index in [4.69, 9.17) is 9.73 Å². The number of hydrogen-bond donors (Lipinski definition) is 2. The molecule has 6 nitrogen and oxygen atoms in total. The number of esters is 1. The lowest BCUT2D eigenvalue weighted by Crippen LogP contribution is -2.39. The van der Waals surface area contributed by atoms with Gasteiger partial charge >= 0.3 is 5.97 Å². The van der Waals surface area contributed by atoms with Crippen LogP contribution < -0.4 is 10.6 Å². The van der Waals surface area contributed by atoms with Crippen LogP contribution in [0.1, 0.15) is 65.2 Å². The third-order valence-electron chi connectivity index (χ3n) is 4.89. The summed E-state index contributed by atoms with van der Waals surface area (Å²) in [7, 11) is 1.43. The maximum atomic E-state index is 11.1. The number of aliphatic imine (C=N–C) groups is 1. The largest absolute Gasteiger partial charge is 0.469 e. The van der Waals surface area contributed by atoms with Crippen LogP contribution in [0.25, 0.3) is 0 Å². The maximum Gasteiger partial charge on any atom is 0.305 e. The van der Waals surface area contributed by atoms with Crippen LogP contribution in [-0.2, 0) is 14.3 Å². The Hall–Kier alpha value is -1.30. The van der Waals surface area contributed by atoms with Crippen LogP contribution in [0.15, 0.2) is 4.99 Å². The zero-order chi connectivity index (χ0) is 18.4. The number of carbonyl (C=O) groups is 1. The summed E-state index contributed by atoms with van der Waals surface area (Å²) >= 11 is 0. The first kappa shape index (κ1) is 21.7. The maximum absolute atomic E-state index is 11.1. The second-order valence-electron chi connectivity index (χ2n) is 6.81. The highest BCUT2D eigenvalue weighted by molar-refractivity contribution is 5.79. The fraction of sp³-hybridized carbons (Fsp3) is 0.895. The van der Waals surface area contributed by atoms with E-state index in [1.807, 2.05) is 6.92 Å². The van der Waals surface area contributed by atoms with E-state index in [0.717, 1.165) is 58.1 Å². The molecule has 0 bridgehead atoms. The Morgan fingerprint density at radius 3 is 2.56 bits per heavy atom. The molecule has 0 unspecified atom stereocenters. The van der Waals surface area contributed by atoms with Gasteiger partial charge in [-0.2, -0.15) is 0 Å². The Bertz CT molecular complexity index is 393. The second kappa shape index (κ2) is 13.0. The molecule has 0 saturated heterocycles. The zero-order valence-corrected chi connectivity index (χ0v) is 16.4. The molecule has 1 fully saturated rings. The molecule has 2 N–H and O–H groups in total. The van der Waals surface area contributed by atoms with E-state index in [9.17, 15) is 4.79 Å². The van der Waals surface area contributed by atoms with Crippen LogP contribution in [0, 0.1) is 5.41 Å². The summed E-state index contributed by atoms with van der Waals surface area (Å²) in [6.45, 7) is 8.27. The standard InChI is InChI=1S/C19H37N3O3/c1-4-20-18(21-14-9-6-10-17(23)24-3)22-16-19(11-7-8-12-19)13-15-25-5-2/h4-16H2,1-3H3,(H2,20,21,22). The van der Waals surface area contributed by atoms with Gasteiger partial charge in [0, 0.05) is 39.3 Å². The van der Waals surface area contributed by atoms with Crippen LogP contribution >= 0.6 is 0 Å². The average molecular weight is 356 g/mol. The van der Waals surface area contributed by atoms with E-state index < -0.39 is 0 Å². The van der Waals surface area contributed by atoms with E-state index in [0.29, 0.717) is 11.8 Å². The summed E-state index contributed by atoms with van der Waals surface area (Å²) in [5, 5.41) is 6.69. The van der Waals surface area contributed by atoms with E-state index in [-0.39, 0.29) is 5.97 Å². The van der Waals surface area contributed by atoms with Gasteiger partial charge in [-0.25, -0.2) is 0 Å². The predicted molar refractivity (Wildman–Crippen MR) is 102 cm³/mol. The monoisotopic (exact) mass is 355 g/mol. The molecule has 0 spiro atoms. The first-order chi connectivity index (χ1) is 12.2. The predicted octanol–water partition coefficient (Wildman–Crippen LogP) is 2.87. The third kappa shape index (κ3) is 9.10. The number of unbranched alkanes of at least 4 members (excludes halogenated alkanes) is 1. The minimum atomic E-state index is -0.141.